The van der Waals surface area contributed by atoms with E-state index in [1.165, 1.54) is 24.0 Å². The predicted octanol–water partition coefficient (Wildman–Crippen LogP) is 3.28. The van der Waals surface area contributed by atoms with Crippen LogP contribution in [0.5, 0.6) is 0 Å². The van der Waals surface area contributed by atoms with Crippen LogP contribution in [-0.2, 0) is 6.42 Å². The number of benzene rings is 1. The lowest BCUT2D eigenvalue weighted by atomic mass is 9.99. The number of aryl methyl sites for hydroxylation is 1. The largest absolute Gasteiger partial charge is 0.311 e. The van der Waals surface area contributed by atoms with Crippen molar-refractivity contribution in [2.45, 2.75) is 57.7 Å². The summed E-state index contributed by atoms with van der Waals surface area (Å²) >= 11 is 0. The number of hydrogen-bond acceptors (Lipinski definition) is 2. The van der Waals surface area contributed by atoms with Crippen LogP contribution in [0.25, 0.3) is 0 Å². The number of rotatable bonds is 3. The van der Waals surface area contributed by atoms with E-state index < -0.39 is 0 Å². The first-order chi connectivity index (χ1) is 9.72. The Balaban J connectivity index is 1.85. The van der Waals surface area contributed by atoms with Crippen molar-refractivity contribution >= 4 is 0 Å². The second kappa shape index (κ2) is 5.82. The maximum Gasteiger partial charge on any atom is 0.123 e. The third kappa shape index (κ3) is 2.49. The van der Waals surface area contributed by atoms with Gasteiger partial charge in [-0.25, -0.2) is 4.39 Å². The molecule has 1 heterocycles. The van der Waals surface area contributed by atoms with Gasteiger partial charge in [0.05, 0.1) is 0 Å². The third-order valence-corrected chi connectivity index (χ3v) is 5.06. The second-order valence-corrected chi connectivity index (χ2v) is 6.17. The molecule has 0 saturated carbocycles. The van der Waals surface area contributed by atoms with E-state index in [4.69, 9.17) is 0 Å². The lowest BCUT2D eigenvalue weighted by molar-refractivity contribution is 0.0774. The van der Waals surface area contributed by atoms with Crippen molar-refractivity contribution in [3.8, 4) is 0 Å². The topological polar surface area (TPSA) is 15.3 Å². The van der Waals surface area contributed by atoms with E-state index in [1.54, 1.807) is 12.1 Å². The van der Waals surface area contributed by atoms with Crippen molar-refractivity contribution in [2.75, 3.05) is 13.1 Å². The Morgan fingerprint density at radius 1 is 1.30 bits per heavy atom. The van der Waals surface area contributed by atoms with Gasteiger partial charge in [0.25, 0.3) is 0 Å². The zero-order valence-corrected chi connectivity index (χ0v) is 12.5. The molecular formula is C17H25FN2. The van der Waals surface area contributed by atoms with Crippen LogP contribution in [0.15, 0.2) is 18.2 Å². The van der Waals surface area contributed by atoms with Crippen molar-refractivity contribution in [2.24, 2.45) is 0 Å². The van der Waals surface area contributed by atoms with Crippen molar-refractivity contribution in [1.29, 1.82) is 0 Å². The molecule has 1 N–H and O–H groups in total. The molecule has 1 saturated heterocycles. The number of halogens is 1. The lowest BCUT2D eigenvalue weighted by Crippen LogP contribution is -2.56. The Bertz CT molecular complexity index is 474. The zero-order chi connectivity index (χ0) is 14.1. The summed E-state index contributed by atoms with van der Waals surface area (Å²) < 4.78 is 13.4. The van der Waals surface area contributed by atoms with Gasteiger partial charge in [0.2, 0.25) is 0 Å². The molecule has 1 aliphatic heterocycles. The Morgan fingerprint density at radius 2 is 2.15 bits per heavy atom. The average Bonchev–Trinajstić information content (AvgIpc) is 2.89. The van der Waals surface area contributed by atoms with E-state index in [0.29, 0.717) is 18.1 Å². The number of piperazine rings is 1. The maximum atomic E-state index is 13.4. The average molecular weight is 276 g/mol. The fourth-order valence-electron chi connectivity index (χ4n) is 3.83. The Kier molecular flexibility index (Phi) is 4.08. The van der Waals surface area contributed by atoms with Gasteiger partial charge in [0.1, 0.15) is 5.82 Å². The van der Waals surface area contributed by atoms with Crippen LogP contribution in [0.4, 0.5) is 4.39 Å². The molecule has 2 aliphatic rings. The van der Waals surface area contributed by atoms with E-state index in [-0.39, 0.29) is 5.82 Å². The molecule has 0 spiro atoms. The van der Waals surface area contributed by atoms with Crippen LogP contribution in [-0.4, -0.2) is 30.1 Å². The minimum Gasteiger partial charge on any atom is -0.311 e. The summed E-state index contributed by atoms with van der Waals surface area (Å²) in [7, 11) is 0. The monoisotopic (exact) mass is 276 g/mol. The quantitative estimate of drug-likeness (QED) is 0.911. The summed E-state index contributed by atoms with van der Waals surface area (Å²) in [5, 5.41) is 3.65. The minimum atomic E-state index is -0.0943. The van der Waals surface area contributed by atoms with Gasteiger partial charge in [-0.15, -0.1) is 0 Å². The van der Waals surface area contributed by atoms with Crippen molar-refractivity contribution < 1.29 is 4.39 Å². The van der Waals surface area contributed by atoms with Crippen LogP contribution < -0.4 is 5.32 Å². The van der Waals surface area contributed by atoms with Crippen LogP contribution in [0.2, 0.25) is 0 Å². The van der Waals surface area contributed by atoms with E-state index >= 15 is 0 Å². The first-order valence-electron chi connectivity index (χ1n) is 8.00. The van der Waals surface area contributed by atoms with Crippen LogP contribution in [0.1, 0.15) is 50.3 Å². The van der Waals surface area contributed by atoms with Crippen molar-refractivity contribution in [1.82, 2.24) is 10.2 Å². The van der Waals surface area contributed by atoms with E-state index in [1.807, 2.05) is 6.07 Å². The Hall–Kier alpha value is -0.930. The SMILES string of the molecule is CCC1CN(C2CCc3cc(F)ccc32)C(CC)CN1. The van der Waals surface area contributed by atoms with Gasteiger partial charge < -0.3 is 5.32 Å². The van der Waals surface area contributed by atoms with Gasteiger partial charge in [-0.05, 0) is 48.9 Å². The van der Waals surface area contributed by atoms with Gasteiger partial charge in [-0.1, -0.05) is 19.9 Å². The second-order valence-electron chi connectivity index (χ2n) is 6.17. The summed E-state index contributed by atoms with van der Waals surface area (Å²) in [6, 6.07) is 7.07. The van der Waals surface area contributed by atoms with E-state index in [0.717, 1.165) is 25.9 Å². The molecule has 3 atom stereocenters. The number of nitrogens with zero attached hydrogens (tertiary/aromatic N) is 1. The molecule has 2 nitrogen and oxygen atoms in total. The smallest absolute Gasteiger partial charge is 0.123 e. The normalized spacial score (nSPS) is 30.4. The molecule has 110 valence electrons. The Labute approximate surface area is 121 Å². The Morgan fingerprint density at radius 3 is 2.90 bits per heavy atom. The van der Waals surface area contributed by atoms with Crippen molar-refractivity contribution in [3.05, 3.63) is 35.1 Å². The first-order valence-corrected chi connectivity index (χ1v) is 8.00. The van der Waals surface area contributed by atoms with Crippen LogP contribution in [0, 0.1) is 5.82 Å². The molecule has 20 heavy (non-hydrogen) atoms. The highest BCUT2D eigenvalue weighted by atomic mass is 19.1. The van der Waals surface area contributed by atoms with Gasteiger partial charge in [0, 0.05) is 31.2 Å². The molecular weight excluding hydrogens is 251 g/mol. The van der Waals surface area contributed by atoms with Gasteiger partial charge >= 0.3 is 0 Å². The van der Waals surface area contributed by atoms with Crippen LogP contribution >= 0.6 is 0 Å². The molecule has 0 aromatic heterocycles. The molecule has 0 bridgehead atoms. The summed E-state index contributed by atoms with van der Waals surface area (Å²) in [5.41, 5.74) is 2.58. The highest BCUT2D eigenvalue weighted by molar-refractivity contribution is 5.35. The molecule has 1 aromatic rings. The van der Waals surface area contributed by atoms with Gasteiger partial charge in [0.15, 0.2) is 0 Å². The molecule has 3 rings (SSSR count). The molecule has 3 unspecified atom stereocenters. The highest BCUT2D eigenvalue weighted by Gasteiger charge is 2.35. The molecule has 1 aromatic carbocycles. The fraction of sp³-hybridized carbons (Fsp3) is 0.647. The summed E-state index contributed by atoms with van der Waals surface area (Å²) in [6.07, 6.45) is 4.52. The van der Waals surface area contributed by atoms with Gasteiger partial charge in [-0.3, -0.25) is 4.90 Å². The van der Waals surface area contributed by atoms with E-state index in [9.17, 15) is 4.39 Å². The fourth-order valence-corrected chi connectivity index (χ4v) is 3.83. The molecule has 0 amide bonds. The minimum absolute atomic E-state index is 0.0943. The standard InChI is InChI=1S/C17H25FN2/c1-3-14-11-20(15(4-2)10-19-14)17-8-5-12-9-13(18)6-7-16(12)17/h6-7,9,14-15,17,19H,3-5,8,10-11H2,1-2H3. The molecule has 3 heteroatoms. The number of nitrogens with one attached hydrogen (secondary N) is 1. The van der Waals surface area contributed by atoms with Crippen molar-refractivity contribution in [3.63, 3.8) is 0 Å². The number of fused-ring (bicyclic) bond motifs is 1. The van der Waals surface area contributed by atoms with Gasteiger partial charge in [-0.2, -0.15) is 0 Å². The highest BCUT2D eigenvalue weighted by Crippen LogP contribution is 2.38. The zero-order valence-electron chi connectivity index (χ0n) is 12.5. The number of hydrogen-bond donors (Lipinski definition) is 1. The lowest BCUT2D eigenvalue weighted by Gasteiger charge is -2.43. The van der Waals surface area contributed by atoms with E-state index in [2.05, 4.69) is 24.1 Å². The molecule has 1 fully saturated rings. The summed E-state index contributed by atoms with van der Waals surface area (Å²) in [6.45, 7) is 6.73. The predicted molar refractivity (Wildman–Crippen MR) is 80.3 cm³/mol. The maximum absolute atomic E-state index is 13.4. The first kappa shape index (κ1) is 14.0. The third-order valence-electron chi connectivity index (χ3n) is 5.06. The van der Waals surface area contributed by atoms with Crippen LogP contribution in [0.3, 0.4) is 0 Å². The summed E-state index contributed by atoms with van der Waals surface area (Å²) in [4.78, 5) is 2.68. The molecule has 1 aliphatic carbocycles. The molecule has 0 radical (unpaired) electrons. The summed E-state index contributed by atoms with van der Waals surface area (Å²) in [5.74, 6) is -0.0943.